The molecule has 35 heavy (non-hydrogen) atoms. The zero-order valence-corrected chi connectivity index (χ0v) is 20.7. The second-order valence-electron chi connectivity index (χ2n) is 8.44. The number of benzene rings is 4. The third kappa shape index (κ3) is 5.61. The van der Waals surface area contributed by atoms with Crippen LogP contribution in [0.3, 0.4) is 0 Å². The van der Waals surface area contributed by atoms with E-state index in [9.17, 15) is 13.2 Å². The monoisotopic (exact) mass is 484 g/mol. The van der Waals surface area contributed by atoms with Crippen LogP contribution in [0.5, 0.6) is 0 Å². The number of sulfonamides is 1. The molecule has 0 aliphatic carbocycles. The Balaban J connectivity index is 1.70. The summed E-state index contributed by atoms with van der Waals surface area (Å²) >= 11 is 0. The Morgan fingerprint density at radius 2 is 1.17 bits per heavy atom. The molecule has 0 spiro atoms. The fourth-order valence-corrected chi connectivity index (χ4v) is 5.12. The number of rotatable bonds is 8. The largest absolute Gasteiger partial charge is 0.330 e. The van der Waals surface area contributed by atoms with Crippen LogP contribution in [-0.2, 0) is 23.1 Å². The van der Waals surface area contributed by atoms with Crippen LogP contribution in [0.1, 0.15) is 27.0 Å². The van der Waals surface area contributed by atoms with E-state index in [1.165, 1.54) is 11.4 Å². The van der Waals surface area contributed by atoms with E-state index in [1.807, 2.05) is 67.6 Å². The molecule has 5 nitrogen and oxygen atoms in total. The molecular formula is C29H28N2O3S. The third-order valence-electron chi connectivity index (χ3n) is 5.87. The average molecular weight is 485 g/mol. The molecule has 0 fully saturated rings. The van der Waals surface area contributed by atoms with Crippen LogP contribution in [-0.4, -0.2) is 26.3 Å². The van der Waals surface area contributed by atoms with Crippen molar-refractivity contribution >= 4 is 21.6 Å². The molecule has 0 atom stereocenters. The number of hydrogen-bond acceptors (Lipinski definition) is 3. The normalized spacial score (nSPS) is 11.1. The van der Waals surface area contributed by atoms with Crippen LogP contribution in [0, 0.1) is 6.92 Å². The van der Waals surface area contributed by atoms with E-state index < -0.39 is 10.0 Å². The highest BCUT2D eigenvalue weighted by Gasteiger charge is 2.27. The minimum Gasteiger partial charge on any atom is -0.330 e. The van der Waals surface area contributed by atoms with Gasteiger partial charge in [0.2, 0.25) is 0 Å². The maximum atomic E-state index is 13.9. The summed E-state index contributed by atoms with van der Waals surface area (Å²) < 4.78 is 27.9. The standard InChI is InChI=1S/C29H28N2O3S/c1-23-17-19-26(20-18-23)35(33,34)30(2)28-16-10-9-15-27(28)29(32)31(21-24-11-5-3-6-12-24)22-25-13-7-4-8-14-25/h3-20H,21-22H2,1-2H3. The molecule has 0 bridgehead atoms. The molecule has 0 N–H and O–H groups in total. The van der Waals surface area contributed by atoms with Crippen molar-refractivity contribution in [3.63, 3.8) is 0 Å². The lowest BCUT2D eigenvalue weighted by Crippen LogP contribution is -2.33. The van der Waals surface area contributed by atoms with E-state index in [4.69, 9.17) is 0 Å². The Bertz CT molecular complexity index is 1350. The fraction of sp³-hybridized carbons (Fsp3) is 0.138. The Morgan fingerprint density at radius 1 is 0.686 bits per heavy atom. The van der Waals surface area contributed by atoms with Crippen molar-refractivity contribution in [2.75, 3.05) is 11.4 Å². The first-order valence-electron chi connectivity index (χ1n) is 11.4. The maximum Gasteiger partial charge on any atom is 0.264 e. The van der Waals surface area contributed by atoms with Crippen molar-refractivity contribution in [2.45, 2.75) is 24.9 Å². The molecule has 0 aliphatic rings. The molecular weight excluding hydrogens is 456 g/mol. The molecule has 0 saturated carbocycles. The fourth-order valence-electron chi connectivity index (χ4n) is 3.90. The summed E-state index contributed by atoms with van der Waals surface area (Å²) in [4.78, 5) is 15.8. The summed E-state index contributed by atoms with van der Waals surface area (Å²) in [6, 6.07) is 33.1. The predicted octanol–water partition coefficient (Wildman–Crippen LogP) is 5.66. The van der Waals surface area contributed by atoms with Gasteiger partial charge in [-0.2, -0.15) is 0 Å². The van der Waals surface area contributed by atoms with Crippen molar-refractivity contribution in [1.82, 2.24) is 4.90 Å². The lowest BCUT2D eigenvalue weighted by atomic mass is 10.1. The molecule has 0 aliphatic heterocycles. The van der Waals surface area contributed by atoms with E-state index in [-0.39, 0.29) is 10.8 Å². The van der Waals surface area contributed by atoms with Gasteiger partial charge in [0.1, 0.15) is 0 Å². The molecule has 4 aromatic rings. The van der Waals surface area contributed by atoms with Crippen LogP contribution in [0.15, 0.2) is 114 Å². The van der Waals surface area contributed by atoms with Gasteiger partial charge in [0.15, 0.2) is 0 Å². The highest BCUT2D eigenvalue weighted by molar-refractivity contribution is 7.92. The van der Waals surface area contributed by atoms with Crippen molar-refractivity contribution in [3.05, 3.63) is 131 Å². The van der Waals surface area contributed by atoms with E-state index >= 15 is 0 Å². The molecule has 1 amide bonds. The van der Waals surface area contributed by atoms with Crippen LogP contribution >= 0.6 is 0 Å². The zero-order chi connectivity index (χ0) is 24.8. The second kappa shape index (κ2) is 10.6. The number of nitrogens with zero attached hydrogens (tertiary/aromatic N) is 2. The summed E-state index contributed by atoms with van der Waals surface area (Å²) in [6.07, 6.45) is 0. The van der Waals surface area contributed by atoms with Crippen LogP contribution in [0.4, 0.5) is 5.69 Å². The summed E-state index contributed by atoms with van der Waals surface area (Å²) in [5.41, 5.74) is 3.63. The SMILES string of the molecule is Cc1ccc(S(=O)(=O)N(C)c2ccccc2C(=O)N(Cc2ccccc2)Cc2ccccc2)cc1. The molecule has 0 radical (unpaired) electrons. The molecule has 0 saturated heterocycles. The average Bonchev–Trinajstić information content (AvgIpc) is 2.89. The minimum atomic E-state index is -3.85. The van der Waals surface area contributed by atoms with E-state index in [0.29, 0.717) is 24.3 Å². The Labute approximate surface area is 207 Å². The summed E-state index contributed by atoms with van der Waals surface area (Å²) in [5, 5.41) is 0. The van der Waals surface area contributed by atoms with Crippen molar-refractivity contribution in [2.24, 2.45) is 0 Å². The van der Waals surface area contributed by atoms with Gasteiger partial charge in [-0.3, -0.25) is 9.10 Å². The van der Waals surface area contributed by atoms with E-state index in [2.05, 4.69) is 0 Å². The molecule has 0 heterocycles. The Morgan fingerprint density at radius 3 is 1.71 bits per heavy atom. The number of aryl methyl sites for hydroxylation is 1. The van der Waals surface area contributed by atoms with Gasteiger partial charge in [0.25, 0.3) is 15.9 Å². The van der Waals surface area contributed by atoms with Gasteiger partial charge >= 0.3 is 0 Å². The summed E-state index contributed by atoms with van der Waals surface area (Å²) in [7, 11) is -2.36. The van der Waals surface area contributed by atoms with Crippen molar-refractivity contribution in [3.8, 4) is 0 Å². The van der Waals surface area contributed by atoms with Gasteiger partial charge in [-0.25, -0.2) is 8.42 Å². The van der Waals surface area contributed by atoms with Gasteiger partial charge in [0.05, 0.1) is 16.1 Å². The van der Waals surface area contributed by atoms with Gasteiger partial charge < -0.3 is 4.90 Å². The Kier molecular flexibility index (Phi) is 7.32. The zero-order valence-electron chi connectivity index (χ0n) is 19.8. The van der Waals surface area contributed by atoms with Gasteiger partial charge in [-0.1, -0.05) is 90.5 Å². The van der Waals surface area contributed by atoms with E-state index in [0.717, 1.165) is 16.7 Å². The smallest absolute Gasteiger partial charge is 0.264 e. The van der Waals surface area contributed by atoms with Crippen molar-refractivity contribution < 1.29 is 13.2 Å². The second-order valence-corrected chi connectivity index (χ2v) is 10.4. The first kappa shape index (κ1) is 24.2. The number of amides is 1. The number of para-hydroxylation sites is 1. The van der Waals surface area contributed by atoms with Gasteiger partial charge in [-0.05, 0) is 42.3 Å². The number of hydrogen-bond donors (Lipinski definition) is 0. The first-order chi connectivity index (χ1) is 16.9. The van der Waals surface area contributed by atoms with Crippen LogP contribution in [0.25, 0.3) is 0 Å². The topological polar surface area (TPSA) is 57.7 Å². The number of anilines is 1. The van der Waals surface area contributed by atoms with Gasteiger partial charge in [0, 0.05) is 20.1 Å². The summed E-state index contributed by atoms with van der Waals surface area (Å²) in [6.45, 7) is 2.71. The first-order valence-corrected chi connectivity index (χ1v) is 12.8. The molecule has 4 rings (SSSR count). The highest BCUT2D eigenvalue weighted by atomic mass is 32.2. The maximum absolute atomic E-state index is 13.9. The van der Waals surface area contributed by atoms with Gasteiger partial charge in [-0.15, -0.1) is 0 Å². The third-order valence-corrected chi connectivity index (χ3v) is 7.66. The molecule has 6 heteroatoms. The molecule has 178 valence electrons. The molecule has 0 unspecified atom stereocenters. The van der Waals surface area contributed by atoms with Crippen LogP contribution < -0.4 is 4.31 Å². The highest BCUT2D eigenvalue weighted by Crippen LogP contribution is 2.28. The minimum absolute atomic E-state index is 0.179. The van der Waals surface area contributed by atoms with Crippen LogP contribution in [0.2, 0.25) is 0 Å². The quantitative estimate of drug-likeness (QED) is 0.324. The Hall–Kier alpha value is -3.90. The molecule has 0 aromatic heterocycles. The lowest BCUT2D eigenvalue weighted by molar-refractivity contribution is 0.0731. The molecule has 4 aromatic carbocycles. The van der Waals surface area contributed by atoms with Crippen molar-refractivity contribution in [1.29, 1.82) is 0 Å². The predicted molar refractivity (Wildman–Crippen MR) is 140 cm³/mol. The lowest BCUT2D eigenvalue weighted by Gasteiger charge is -2.27. The summed E-state index contributed by atoms with van der Waals surface area (Å²) in [5.74, 6) is -0.237. The number of carbonyl (C=O) groups is 1. The van der Waals surface area contributed by atoms with E-state index in [1.54, 1.807) is 53.4 Å². The number of carbonyl (C=O) groups excluding carboxylic acids is 1.